The lowest BCUT2D eigenvalue weighted by molar-refractivity contribution is 0.276. The summed E-state index contributed by atoms with van der Waals surface area (Å²) in [5.74, 6) is 6.72. The van der Waals surface area contributed by atoms with E-state index in [1.165, 1.54) is 21.9 Å². The highest BCUT2D eigenvalue weighted by atomic mass is 31.1. The van der Waals surface area contributed by atoms with E-state index in [0.29, 0.717) is 6.42 Å². The molecule has 0 fully saturated rings. The number of aryl methyl sites for hydroxylation is 1. The van der Waals surface area contributed by atoms with Gasteiger partial charge in [0, 0.05) is 23.1 Å². The molecule has 2 N–H and O–H groups in total. The van der Waals surface area contributed by atoms with Crippen molar-refractivity contribution in [2.45, 2.75) is 38.6 Å². The Labute approximate surface area is 185 Å². The van der Waals surface area contributed by atoms with Gasteiger partial charge in [-0.05, 0) is 60.2 Å². The van der Waals surface area contributed by atoms with E-state index in [1.807, 2.05) is 0 Å². The Bertz CT molecular complexity index is 1040. The van der Waals surface area contributed by atoms with Crippen molar-refractivity contribution < 1.29 is 14.0 Å². The predicted octanol–water partition coefficient (Wildman–Crippen LogP) is 5.75. The first-order chi connectivity index (χ1) is 15.2. The van der Waals surface area contributed by atoms with Gasteiger partial charge in [0.05, 0.1) is 0 Å². The van der Waals surface area contributed by atoms with Crippen LogP contribution in [0.3, 0.4) is 0 Å². The topological polar surface area (TPSA) is 58.6 Å². The van der Waals surface area contributed by atoms with Crippen molar-refractivity contribution in [1.29, 1.82) is 0 Å². The molecule has 31 heavy (non-hydrogen) atoms. The highest BCUT2D eigenvalue weighted by Gasteiger charge is 2.10. The second kappa shape index (κ2) is 13.0. The number of nitrogens with one attached hydrogen (secondary N) is 1. The first kappa shape index (κ1) is 23.1. The van der Waals surface area contributed by atoms with Gasteiger partial charge in [0.1, 0.15) is 6.61 Å². The Morgan fingerprint density at radius 2 is 1.68 bits per heavy atom. The third kappa shape index (κ3) is 7.90. The van der Waals surface area contributed by atoms with E-state index in [4.69, 9.17) is 4.89 Å². The van der Waals surface area contributed by atoms with Crippen LogP contribution in [-0.2, 0) is 22.1 Å². The van der Waals surface area contributed by atoms with Crippen LogP contribution in [0.5, 0.6) is 0 Å². The van der Waals surface area contributed by atoms with Gasteiger partial charge in [0.15, 0.2) is 0 Å². The molecule has 0 aliphatic rings. The number of benzene rings is 3. The zero-order chi connectivity index (χ0) is 21.7. The standard InChI is InChI=1S/C26H28NO3P/c28-31(29)30-20-10-19-27-21-24-18-17-23(25-15-8-9-16-26(24)25)14-7-2-1-4-11-22-12-5-3-6-13-22/h3,5-6,8-9,12-13,15-18,27H,1-2,4,10-11,19-21H2/p+1. The van der Waals surface area contributed by atoms with Crippen molar-refractivity contribution in [2.24, 2.45) is 0 Å². The summed E-state index contributed by atoms with van der Waals surface area (Å²) in [4.78, 5) is 8.64. The molecule has 3 rings (SSSR count). The zero-order valence-corrected chi connectivity index (χ0v) is 18.6. The van der Waals surface area contributed by atoms with E-state index in [-0.39, 0.29) is 6.61 Å². The van der Waals surface area contributed by atoms with Gasteiger partial charge in [-0.2, -0.15) is 0 Å². The first-order valence-electron chi connectivity index (χ1n) is 10.8. The van der Waals surface area contributed by atoms with Gasteiger partial charge in [0.25, 0.3) is 0 Å². The second-order valence-corrected chi connectivity index (χ2v) is 8.15. The lowest BCUT2D eigenvalue weighted by atomic mass is 9.99. The van der Waals surface area contributed by atoms with Crippen molar-refractivity contribution in [1.82, 2.24) is 5.32 Å². The van der Waals surface area contributed by atoms with Crippen molar-refractivity contribution in [2.75, 3.05) is 13.2 Å². The van der Waals surface area contributed by atoms with Gasteiger partial charge in [-0.3, -0.25) is 0 Å². The molecule has 160 valence electrons. The maximum atomic E-state index is 10.5. The van der Waals surface area contributed by atoms with Gasteiger partial charge in [0.2, 0.25) is 0 Å². The van der Waals surface area contributed by atoms with Crippen LogP contribution in [0.4, 0.5) is 0 Å². The lowest BCUT2D eigenvalue weighted by Crippen LogP contribution is -2.16. The summed E-state index contributed by atoms with van der Waals surface area (Å²) in [6.07, 6.45) is 4.97. The lowest BCUT2D eigenvalue weighted by Gasteiger charge is -2.09. The molecule has 0 heterocycles. The van der Waals surface area contributed by atoms with E-state index in [1.54, 1.807) is 0 Å². The SMILES string of the molecule is O=[P+](O)OCCCNCc1ccc(C#CCCCCc2ccccc2)c2ccccc12. The highest BCUT2D eigenvalue weighted by molar-refractivity contribution is 7.32. The predicted molar refractivity (Wildman–Crippen MR) is 127 cm³/mol. The van der Waals surface area contributed by atoms with E-state index in [0.717, 1.165) is 44.3 Å². The Kier molecular flexibility index (Phi) is 9.70. The van der Waals surface area contributed by atoms with E-state index in [9.17, 15) is 4.57 Å². The van der Waals surface area contributed by atoms with E-state index < -0.39 is 8.25 Å². The molecule has 0 aliphatic heterocycles. The molecule has 3 aromatic rings. The Hall–Kier alpha value is -2.54. The van der Waals surface area contributed by atoms with Crippen LogP contribution in [-0.4, -0.2) is 18.0 Å². The van der Waals surface area contributed by atoms with Crippen molar-refractivity contribution >= 4 is 19.0 Å². The molecule has 0 bridgehead atoms. The van der Waals surface area contributed by atoms with Crippen LogP contribution < -0.4 is 5.32 Å². The van der Waals surface area contributed by atoms with E-state index in [2.05, 4.69) is 88.4 Å². The fourth-order valence-corrected chi connectivity index (χ4v) is 3.82. The molecule has 1 unspecified atom stereocenters. The maximum absolute atomic E-state index is 10.5. The van der Waals surface area contributed by atoms with Gasteiger partial charge < -0.3 is 5.32 Å². The molecule has 5 heteroatoms. The minimum Gasteiger partial charge on any atom is -0.313 e. The van der Waals surface area contributed by atoms with E-state index >= 15 is 0 Å². The first-order valence-corrected chi connectivity index (χ1v) is 11.9. The van der Waals surface area contributed by atoms with Crippen molar-refractivity contribution in [3.8, 4) is 11.8 Å². The average Bonchev–Trinajstić information content (AvgIpc) is 2.79. The zero-order valence-electron chi connectivity index (χ0n) is 17.7. The number of fused-ring (bicyclic) bond motifs is 1. The summed E-state index contributed by atoms with van der Waals surface area (Å²) in [6, 6.07) is 23.2. The molecular weight excluding hydrogens is 405 g/mol. The van der Waals surface area contributed by atoms with Crippen LogP contribution >= 0.6 is 8.25 Å². The number of hydrogen-bond donors (Lipinski definition) is 2. The molecule has 4 nitrogen and oxygen atoms in total. The fourth-order valence-electron chi connectivity index (χ4n) is 3.53. The Balaban J connectivity index is 1.52. The molecule has 0 aromatic heterocycles. The van der Waals surface area contributed by atoms with Crippen LogP contribution in [0.25, 0.3) is 10.8 Å². The molecule has 0 amide bonds. The maximum Gasteiger partial charge on any atom is 0.694 e. The van der Waals surface area contributed by atoms with Gasteiger partial charge in [-0.1, -0.05) is 72.5 Å². The quantitative estimate of drug-likeness (QED) is 0.229. The average molecular weight is 434 g/mol. The Morgan fingerprint density at radius 3 is 2.48 bits per heavy atom. The second-order valence-electron chi connectivity index (χ2n) is 7.41. The van der Waals surface area contributed by atoms with Crippen LogP contribution in [0.1, 0.15) is 42.4 Å². The normalized spacial score (nSPS) is 11.2. The van der Waals surface area contributed by atoms with Gasteiger partial charge >= 0.3 is 8.25 Å². The number of hydrogen-bond acceptors (Lipinski definition) is 3. The highest BCUT2D eigenvalue weighted by Crippen LogP contribution is 2.22. The molecule has 1 atom stereocenters. The molecule has 0 spiro atoms. The Morgan fingerprint density at radius 1 is 0.903 bits per heavy atom. The largest absolute Gasteiger partial charge is 0.694 e. The summed E-state index contributed by atoms with van der Waals surface area (Å²) in [7, 11) is -2.50. The third-order valence-electron chi connectivity index (χ3n) is 5.11. The summed E-state index contributed by atoms with van der Waals surface area (Å²) in [5.41, 5.74) is 3.68. The van der Waals surface area contributed by atoms with Crippen molar-refractivity contribution in [3.05, 3.63) is 83.4 Å². The molecule has 0 saturated carbocycles. The molecule has 0 aliphatic carbocycles. The van der Waals surface area contributed by atoms with Gasteiger partial charge in [-0.15, -0.1) is 9.42 Å². The molecule has 0 saturated heterocycles. The summed E-state index contributed by atoms with van der Waals surface area (Å²) in [5, 5.41) is 5.76. The molecule has 3 aromatic carbocycles. The fraction of sp³-hybridized carbons (Fsp3) is 0.308. The minimum absolute atomic E-state index is 0.277. The van der Waals surface area contributed by atoms with Crippen LogP contribution in [0.2, 0.25) is 0 Å². The molecule has 0 radical (unpaired) electrons. The molecular formula is C26H29NO3P+. The minimum atomic E-state index is -2.50. The number of rotatable bonds is 11. The summed E-state index contributed by atoms with van der Waals surface area (Å²) >= 11 is 0. The van der Waals surface area contributed by atoms with Crippen LogP contribution in [0.15, 0.2) is 66.7 Å². The third-order valence-corrected chi connectivity index (χ3v) is 5.52. The van der Waals surface area contributed by atoms with Crippen LogP contribution in [0, 0.1) is 11.8 Å². The van der Waals surface area contributed by atoms with Gasteiger partial charge in [-0.25, -0.2) is 0 Å². The number of unbranched alkanes of at least 4 members (excludes halogenated alkanes) is 2. The summed E-state index contributed by atoms with van der Waals surface area (Å²) in [6.45, 7) is 1.74. The monoisotopic (exact) mass is 434 g/mol. The van der Waals surface area contributed by atoms with Crippen molar-refractivity contribution in [3.63, 3.8) is 0 Å². The smallest absolute Gasteiger partial charge is 0.313 e. The summed E-state index contributed by atoms with van der Waals surface area (Å²) < 4.78 is 15.2.